The van der Waals surface area contributed by atoms with E-state index in [0.717, 1.165) is 11.3 Å². The average molecular weight is 301 g/mol. The summed E-state index contributed by atoms with van der Waals surface area (Å²) in [5, 5.41) is 12.3. The number of carbonyl (C=O) groups excluding carboxylic acids is 1. The molecule has 9 heteroatoms. The standard InChI is InChI=1S/C11H15N3O5S/c1-11(2,3)19-10(17)8-13-5(7(12)20-8)6(9(15)16)14-18-4/h12H2,1-4H3,(H,15,16)/b14-6-. The quantitative estimate of drug-likeness (QED) is 0.485. The molecule has 0 saturated carbocycles. The van der Waals surface area contributed by atoms with Gasteiger partial charge in [-0.25, -0.2) is 14.6 Å². The molecule has 0 spiro atoms. The van der Waals surface area contributed by atoms with Crippen LogP contribution in [0.1, 0.15) is 36.3 Å². The Kier molecular flexibility index (Phi) is 4.66. The minimum absolute atomic E-state index is 0.0440. The molecule has 8 nitrogen and oxygen atoms in total. The summed E-state index contributed by atoms with van der Waals surface area (Å²) in [5.41, 5.74) is 4.38. The molecule has 1 aromatic rings. The molecule has 0 unspecified atom stereocenters. The van der Waals surface area contributed by atoms with Gasteiger partial charge in [0.05, 0.1) is 0 Å². The number of carboxylic acid groups (broad SMARTS) is 1. The van der Waals surface area contributed by atoms with Crippen LogP contribution < -0.4 is 5.73 Å². The van der Waals surface area contributed by atoms with Gasteiger partial charge in [-0.15, -0.1) is 0 Å². The molecule has 1 rings (SSSR count). The highest BCUT2D eigenvalue weighted by Gasteiger charge is 2.26. The van der Waals surface area contributed by atoms with E-state index in [0.29, 0.717) is 0 Å². The maximum absolute atomic E-state index is 11.8. The van der Waals surface area contributed by atoms with Gasteiger partial charge in [0.2, 0.25) is 10.7 Å². The zero-order valence-electron chi connectivity index (χ0n) is 11.5. The Hall–Kier alpha value is -2.16. The summed E-state index contributed by atoms with van der Waals surface area (Å²) in [6.45, 7) is 5.12. The molecule has 1 heterocycles. The van der Waals surface area contributed by atoms with Crippen molar-refractivity contribution in [2.24, 2.45) is 5.16 Å². The highest BCUT2D eigenvalue weighted by molar-refractivity contribution is 7.17. The van der Waals surface area contributed by atoms with Gasteiger partial charge in [-0.2, -0.15) is 0 Å². The molecule has 1 aromatic heterocycles. The van der Waals surface area contributed by atoms with Crippen LogP contribution in [0, 0.1) is 0 Å². The predicted molar refractivity (Wildman–Crippen MR) is 72.9 cm³/mol. The SMILES string of the molecule is CO/N=C(\C(=O)O)c1nc(C(=O)OC(C)(C)C)sc1N. The van der Waals surface area contributed by atoms with Crippen LogP contribution in [0.2, 0.25) is 0 Å². The summed E-state index contributed by atoms with van der Waals surface area (Å²) in [5.74, 6) is -2.04. The number of carboxylic acids is 1. The third-order valence-corrected chi connectivity index (χ3v) is 2.70. The van der Waals surface area contributed by atoms with E-state index in [1.54, 1.807) is 20.8 Å². The van der Waals surface area contributed by atoms with E-state index < -0.39 is 23.3 Å². The van der Waals surface area contributed by atoms with Crippen molar-refractivity contribution in [3.8, 4) is 0 Å². The van der Waals surface area contributed by atoms with Crippen LogP contribution in [0.4, 0.5) is 5.00 Å². The van der Waals surface area contributed by atoms with Crippen LogP contribution in [0.3, 0.4) is 0 Å². The zero-order chi connectivity index (χ0) is 15.5. The normalized spacial score (nSPS) is 12.1. The Morgan fingerprint density at radius 3 is 2.45 bits per heavy atom. The van der Waals surface area contributed by atoms with Gasteiger partial charge >= 0.3 is 11.9 Å². The highest BCUT2D eigenvalue weighted by Crippen LogP contribution is 2.24. The Morgan fingerprint density at radius 2 is 2.00 bits per heavy atom. The predicted octanol–water partition coefficient (Wildman–Crippen LogP) is 1.12. The van der Waals surface area contributed by atoms with Gasteiger partial charge in [-0.3, -0.25) is 0 Å². The lowest BCUT2D eigenvalue weighted by Gasteiger charge is -2.18. The number of oxime groups is 1. The van der Waals surface area contributed by atoms with E-state index in [4.69, 9.17) is 15.6 Å². The lowest BCUT2D eigenvalue weighted by atomic mass is 10.2. The number of aromatic nitrogens is 1. The first kappa shape index (κ1) is 15.9. The summed E-state index contributed by atoms with van der Waals surface area (Å²) >= 11 is 0.827. The smallest absolute Gasteiger partial charge is 0.368 e. The molecule has 0 amide bonds. The molecule has 0 fully saturated rings. The van der Waals surface area contributed by atoms with Gasteiger partial charge in [0.1, 0.15) is 23.4 Å². The number of nitrogen functional groups attached to an aromatic ring is 1. The molecule has 0 aliphatic rings. The molecule has 0 radical (unpaired) electrons. The zero-order valence-corrected chi connectivity index (χ0v) is 12.3. The van der Waals surface area contributed by atoms with Gasteiger partial charge in [0, 0.05) is 0 Å². The van der Waals surface area contributed by atoms with Crippen LogP contribution in [0.25, 0.3) is 0 Å². The fraction of sp³-hybridized carbons (Fsp3) is 0.455. The molecule has 20 heavy (non-hydrogen) atoms. The summed E-state index contributed by atoms with van der Waals surface area (Å²) in [4.78, 5) is 31.1. The second-order valence-corrected chi connectivity index (χ2v) is 5.69. The van der Waals surface area contributed by atoms with Crippen molar-refractivity contribution in [2.75, 3.05) is 12.8 Å². The van der Waals surface area contributed by atoms with Crippen molar-refractivity contribution in [1.82, 2.24) is 4.98 Å². The highest BCUT2D eigenvalue weighted by atomic mass is 32.1. The number of nitrogens with zero attached hydrogens (tertiary/aromatic N) is 2. The molecule has 0 atom stereocenters. The Morgan fingerprint density at radius 1 is 1.40 bits per heavy atom. The summed E-state index contributed by atoms with van der Waals surface area (Å²) < 4.78 is 5.13. The maximum Gasteiger partial charge on any atom is 0.368 e. The summed E-state index contributed by atoms with van der Waals surface area (Å²) in [7, 11) is 1.19. The van der Waals surface area contributed by atoms with Crippen molar-refractivity contribution in [3.05, 3.63) is 10.7 Å². The van der Waals surface area contributed by atoms with Crippen LogP contribution in [-0.4, -0.2) is 40.5 Å². The number of hydrogen-bond acceptors (Lipinski definition) is 8. The minimum atomic E-state index is -1.36. The van der Waals surface area contributed by atoms with Crippen LogP contribution in [0.5, 0.6) is 0 Å². The third-order valence-electron chi connectivity index (χ3n) is 1.84. The summed E-state index contributed by atoms with van der Waals surface area (Å²) in [6, 6.07) is 0. The number of hydrogen-bond donors (Lipinski definition) is 2. The molecular weight excluding hydrogens is 286 g/mol. The lowest BCUT2D eigenvalue weighted by Crippen LogP contribution is -2.24. The van der Waals surface area contributed by atoms with Gasteiger partial charge in [-0.1, -0.05) is 16.5 Å². The second kappa shape index (κ2) is 5.87. The fourth-order valence-electron chi connectivity index (χ4n) is 1.19. The molecule has 0 aliphatic heterocycles. The molecule has 3 N–H and O–H groups in total. The second-order valence-electron chi connectivity index (χ2n) is 4.66. The van der Waals surface area contributed by atoms with E-state index in [-0.39, 0.29) is 15.7 Å². The van der Waals surface area contributed by atoms with Crippen molar-refractivity contribution < 1.29 is 24.3 Å². The Bertz CT molecular complexity index is 559. The number of carbonyl (C=O) groups is 2. The van der Waals surface area contributed by atoms with E-state index >= 15 is 0 Å². The number of rotatable bonds is 4. The van der Waals surface area contributed by atoms with Crippen molar-refractivity contribution in [2.45, 2.75) is 26.4 Å². The van der Waals surface area contributed by atoms with Gasteiger partial charge in [0.15, 0.2) is 0 Å². The monoisotopic (exact) mass is 301 g/mol. The molecule has 0 saturated heterocycles. The van der Waals surface area contributed by atoms with Crippen LogP contribution >= 0.6 is 11.3 Å². The molecule has 0 aliphatic carbocycles. The van der Waals surface area contributed by atoms with Gasteiger partial charge in [-0.05, 0) is 20.8 Å². The van der Waals surface area contributed by atoms with Crippen LogP contribution in [0.15, 0.2) is 5.16 Å². The van der Waals surface area contributed by atoms with E-state index in [9.17, 15) is 9.59 Å². The van der Waals surface area contributed by atoms with Crippen molar-refractivity contribution in [3.63, 3.8) is 0 Å². The lowest BCUT2D eigenvalue weighted by molar-refractivity contribution is -0.129. The molecular formula is C11H15N3O5S. The van der Waals surface area contributed by atoms with E-state index in [1.807, 2.05) is 0 Å². The maximum atomic E-state index is 11.8. The van der Waals surface area contributed by atoms with Gasteiger partial charge in [0.25, 0.3) is 0 Å². The number of aliphatic carboxylic acids is 1. The first-order valence-corrected chi connectivity index (χ1v) is 6.32. The first-order valence-electron chi connectivity index (χ1n) is 5.50. The van der Waals surface area contributed by atoms with Gasteiger partial charge < -0.3 is 20.4 Å². The molecule has 0 aromatic carbocycles. The summed E-state index contributed by atoms with van der Waals surface area (Å²) in [6.07, 6.45) is 0. The molecule has 0 bridgehead atoms. The Labute approximate surface area is 119 Å². The fourth-order valence-corrected chi connectivity index (χ4v) is 1.89. The number of anilines is 1. The number of nitrogens with two attached hydrogens (primary N) is 1. The third kappa shape index (κ3) is 3.92. The minimum Gasteiger partial charge on any atom is -0.476 e. The number of thiazole rings is 1. The number of ether oxygens (including phenoxy) is 1. The topological polar surface area (TPSA) is 124 Å². The molecule has 110 valence electrons. The largest absolute Gasteiger partial charge is 0.476 e. The van der Waals surface area contributed by atoms with E-state index in [1.165, 1.54) is 7.11 Å². The van der Waals surface area contributed by atoms with E-state index in [2.05, 4.69) is 15.0 Å². The average Bonchev–Trinajstić information content (AvgIpc) is 2.65. The first-order chi connectivity index (χ1) is 9.15. The number of esters is 1. The van der Waals surface area contributed by atoms with Crippen molar-refractivity contribution >= 4 is 34.0 Å². The van der Waals surface area contributed by atoms with Crippen molar-refractivity contribution in [1.29, 1.82) is 0 Å². The van der Waals surface area contributed by atoms with Crippen LogP contribution in [-0.2, 0) is 14.4 Å². The Balaban J connectivity index is 3.13.